The van der Waals surface area contributed by atoms with E-state index in [-0.39, 0.29) is 5.43 Å². The molecule has 1 N–H and O–H groups in total. The minimum Gasteiger partial charge on any atom is -0.485 e. The highest BCUT2D eigenvalue weighted by molar-refractivity contribution is 7.98. The fraction of sp³-hybridized carbons (Fsp3) is 0.227. The third kappa shape index (κ3) is 4.19. The summed E-state index contributed by atoms with van der Waals surface area (Å²) in [5.41, 5.74) is 2.90. The summed E-state index contributed by atoms with van der Waals surface area (Å²) in [6.45, 7) is 2.46. The molecule has 2 aromatic carbocycles. The summed E-state index contributed by atoms with van der Waals surface area (Å²) in [5.74, 6) is 2.23. The van der Waals surface area contributed by atoms with Crippen LogP contribution < -0.4 is 10.2 Å². The Morgan fingerprint density at radius 1 is 1.10 bits per heavy atom. The number of thioether (sulfide) groups is 1. The van der Waals surface area contributed by atoms with Gasteiger partial charge in [0.25, 0.3) is 0 Å². The quantitative estimate of drug-likeness (QED) is 0.468. The molecule has 6 nitrogen and oxygen atoms in total. The Balaban J connectivity index is 1.44. The van der Waals surface area contributed by atoms with Gasteiger partial charge < -0.3 is 14.3 Å². The molecule has 0 fully saturated rings. The number of ether oxygens (including phenoxy) is 1. The van der Waals surface area contributed by atoms with Crippen molar-refractivity contribution >= 4 is 22.7 Å². The second kappa shape index (κ2) is 8.53. The first-order valence-corrected chi connectivity index (χ1v) is 10.5. The summed E-state index contributed by atoms with van der Waals surface area (Å²) in [6.07, 6.45) is 0.917. The lowest BCUT2D eigenvalue weighted by Gasteiger charge is -2.10. The molecule has 0 bridgehead atoms. The molecule has 0 atom stereocenters. The van der Waals surface area contributed by atoms with Gasteiger partial charge in [0.05, 0.1) is 0 Å². The number of aromatic amines is 1. The number of hydrogen-bond donors (Lipinski definition) is 1. The minimum atomic E-state index is 0.0246. The predicted molar refractivity (Wildman–Crippen MR) is 115 cm³/mol. The maximum Gasteiger partial charge on any atom is 0.191 e. The Morgan fingerprint density at radius 3 is 2.76 bits per heavy atom. The van der Waals surface area contributed by atoms with Gasteiger partial charge in [-0.05, 0) is 30.2 Å². The zero-order valence-corrected chi connectivity index (χ0v) is 17.2. The van der Waals surface area contributed by atoms with Crippen molar-refractivity contribution in [2.75, 3.05) is 0 Å². The number of fused-ring (bicyclic) bond motifs is 1. The zero-order chi connectivity index (χ0) is 20.2. The molecule has 2 aromatic heterocycles. The monoisotopic (exact) mass is 406 g/mol. The molecule has 148 valence electrons. The molecule has 2 heterocycles. The number of nitrogens with zero attached hydrogens (tertiary/aromatic N) is 3. The molecule has 29 heavy (non-hydrogen) atoms. The van der Waals surface area contributed by atoms with E-state index >= 15 is 0 Å². The van der Waals surface area contributed by atoms with Gasteiger partial charge in [-0.15, -0.1) is 10.2 Å². The van der Waals surface area contributed by atoms with E-state index in [0.29, 0.717) is 17.7 Å². The van der Waals surface area contributed by atoms with Gasteiger partial charge in [-0.25, -0.2) is 0 Å². The lowest BCUT2D eigenvalue weighted by molar-refractivity contribution is 0.287. The summed E-state index contributed by atoms with van der Waals surface area (Å²) in [6, 6.07) is 17.2. The second-order valence-corrected chi connectivity index (χ2v) is 7.64. The molecule has 0 spiro atoms. The molecule has 0 aliphatic rings. The van der Waals surface area contributed by atoms with Gasteiger partial charge in [0.1, 0.15) is 12.4 Å². The third-order valence-electron chi connectivity index (χ3n) is 4.79. The summed E-state index contributed by atoms with van der Waals surface area (Å²) < 4.78 is 7.88. The fourth-order valence-electron chi connectivity index (χ4n) is 3.15. The van der Waals surface area contributed by atoms with E-state index in [1.807, 2.05) is 54.1 Å². The zero-order valence-electron chi connectivity index (χ0n) is 16.4. The van der Waals surface area contributed by atoms with Gasteiger partial charge in [-0.1, -0.05) is 49.0 Å². The summed E-state index contributed by atoms with van der Waals surface area (Å²) >= 11 is 1.53. The van der Waals surface area contributed by atoms with Gasteiger partial charge in [-0.2, -0.15) is 0 Å². The highest BCUT2D eigenvalue weighted by atomic mass is 32.2. The number of aryl methyl sites for hydroxylation is 1. The van der Waals surface area contributed by atoms with Crippen LogP contribution in [0.15, 0.2) is 64.5 Å². The Hall–Kier alpha value is -3.06. The van der Waals surface area contributed by atoms with Crippen LogP contribution in [-0.4, -0.2) is 19.7 Å². The van der Waals surface area contributed by atoms with Crippen LogP contribution in [0.25, 0.3) is 10.9 Å². The molecular formula is C22H22N4O2S. The molecule has 4 aromatic rings. The lowest BCUT2D eigenvalue weighted by Crippen LogP contribution is -2.06. The van der Waals surface area contributed by atoms with Crippen molar-refractivity contribution in [1.82, 2.24) is 19.7 Å². The van der Waals surface area contributed by atoms with Crippen molar-refractivity contribution in [3.8, 4) is 5.75 Å². The van der Waals surface area contributed by atoms with E-state index in [1.165, 1.54) is 17.3 Å². The smallest absolute Gasteiger partial charge is 0.191 e. The number of H-pyrrole nitrogens is 1. The molecule has 0 aliphatic heterocycles. The standard InChI is InChI=1S/C22H22N4O2S/c1-3-15-8-4-7-11-20(15)28-13-21-24-25-22(26(21)2)29-14-16-12-19(27)17-9-5-6-10-18(17)23-16/h4-12H,3,13-14H2,1-2H3,(H,23,27). The van der Waals surface area contributed by atoms with E-state index in [2.05, 4.69) is 28.2 Å². The van der Waals surface area contributed by atoms with Crippen molar-refractivity contribution in [1.29, 1.82) is 0 Å². The van der Waals surface area contributed by atoms with Crippen LogP contribution >= 0.6 is 11.8 Å². The normalized spacial score (nSPS) is 11.1. The number of pyridine rings is 1. The van der Waals surface area contributed by atoms with E-state index < -0.39 is 0 Å². The number of para-hydroxylation sites is 2. The Kier molecular flexibility index (Phi) is 5.67. The third-order valence-corrected chi connectivity index (χ3v) is 5.85. The molecule has 0 unspecified atom stereocenters. The first kappa shape index (κ1) is 19.3. The largest absolute Gasteiger partial charge is 0.485 e. The average molecular weight is 407 g/mol. The van der Waals surface area contributed by atoms with Crippen molar-refractivity contribution < 1.29 is 4.74 Å². The van der Waals surface area contributed by atoms with Crippen LogP contribution in [0.3, 0.4) is 0 Å². The van der Waals surface area contributed by atoms with Crippen LogP contribution in [0.2, 0.25) is 0 Å². The topological polar surface area (TPSA) is 72.8 Å². The number of benzene rings is 2. The van der Waals surface area contributed by atoms with Crippen molar-refractivity contribution in [3.05, 3.63) is 81.9 Å². The van der Waals surface area contributed by atoms with E-state index in [4.69, 9.17) is 4.74 Å². The number of aromatic nitrogens is 4. The summed E-state index contributed by atoms with van der Waals surface area (Å²) in [7, 11) is 1.93. The van der Waals surface area contributed by atoms with E-state index in [0.717, 1.165) is 34.4 Å². The first-order valence-electron chi connectivity index (χ1n) is 9.48. The molecule has 0 aliphatic carbocycles. The van der Waals surface area contributed by atoms with Crippen LogP contribution in [0, 0.1) is 0 Å². The van der Waals surface area contributed by atoms with Gasteiger partial charge >= 0.3 is 0 Å². The van der Waals surface area contributed by atoms with Gasteiger partial charge in [0.15, 0.2) is 16.4 Å². The Morgan fingerprint density at radius 2 is 1.90 bits per heavy atom. The fourth-order valence-corrected chi connectivity index (χ4v) is 3.99. The Labute approximate surface area is 172 Å². The summed E-state index contributed by atoms with van der Waals surface area (Å²) in [5, 5.41) is 10.0. The molecular weight excluding hydrogens is 384 g/mol. The molecule has 4 rings (SSSR count). The Bertz CT molecular complexity index is 1200. The maximum atomic E-state index is 12.3. The van der Waals surface area contributed by atoms with Crippen molar-refractivity contribution in [2.24, 2.45) is 7.05 Å². The van der Waals surface area contributed by atoms with Crippen molar-refractivity contribution in [2.45, 2.75) is 30.9 Å². The molecule has 0 amide bonds. The van der Waals surface area contributed by atoms with Crippen LogP contribution in [0.4, 0.5) is 0 Å². The number of hydrogen-bond acceptors (Lipinski definition) is 5. The lowest BCUT2D eigenvalue weighted by atomic mass is 10.1. The number of nitrogens with one attached hydrogen (secondary N) is 1. The van der Waals surface area contributed by atoms with E-state index in [9.17, 15) is 4.79 Å². The summed E-state index contributed by atoms with van der Waals surface area (Å²) in [4.78, 5) is 15.6. The average Bonchev–Trinajstić information content (AvgIpc) is 3.10. The van der Waals surface area contributed by atoms with Gasteiger partial charge in [-0.3, -0.25) is 4.79 Å². The molecule has 0 saturated carbocycles. The van der Waals surface area contributed by atoms with Gasteiger partial charge in [0.2, 0.25) is 0 Å². The van der Waals surface area contributed by atoms with Gasteiger partial charge in [0, 0.05) is 35.5 Å². The highest BCUT2D eigenvalue weighted by Gasteiger charge is 2.12. The van der Waals surface area contributed by atoms with Crippen LogP contribution in [-0.2, 0) is 25.8 Å². The molecule has 0 saturated heterocycles. The SMILES string of the molecule is CCc1ccccc1OCc1nnc(SCc2cc(=O)c3ccccc3[nH]2)n1C. The minimum absolute atomic E-state index is 0.0246. The van der Waals surface area contributed by atoms with Crippen molar-refractivity contribution in [3.63, 3.8) is 0 Å². The van der Waals surface area contributed by atoms with Crippen LogP contribution in [0.5, 0.6) is 5.75 Å². The molecule has 7 heteroatoms. The highest BCUT2D eigenvalue weighted by Crippen LogP contribution is 2.23. The first-order chi connectivity index (χ1) is 14.2. The van der Waals surface area contributed by atoms with E-state index in [1.54, 1.807) is 6.07 Å². The second-order valence-electron chi connectivity index (χ2n) is 6.70. The van der Waals surface area contributed by atoms with Crippen LogP contribution in [0.1, 0.15) is 24.0 Å². The molecule has 0 radical (unpaired) electrons. The number of rotatable bonds is 7. The maximum absolute atomic E-state index is 12.3. The predicted octanol–water partition coefficient (Wildman–Crippen LogP) is 4.09.